The van der Waals surface area contributed by atoms with E-state index in [4.69, 9.17) is 24.7 Å². The Morgan fingerprint density at radius 2 is 1.73 bits per heavy atom. The zero-order valence-corrected chi connectivity index (χ0v) is 19.7. The number of benzene rings is 1. The van der Waals surface area contributed by atoms with E-state index in [0.717, 1.165) is 0 Å². The second-order valence-electron chi connectivity index (χ2n) is 8.22. The minimum atomic E-state index is -0.501. The minimum absolute atomic E-state index is 0.105. The molecule has 0 spiro atoms. The fourth-order valence-electron chi connectivity index (χ4n) is 3.18. The predicted molar refractivity (Wildman–Crippen MR) is 126 cm³/mol. The summed E-state index contributed by atoms with van der Waals surface area (Å²) in [5.74, 6) is 2.30. The summed E-state index contributed by atoms with van der Waals surface area (Å²) in [6, 6.07) is 6.98. The molecule has 3 rings (SSSR count). The number of nitrogens with two attached hydrogens (primary N) is 1. The highest BCUT2D eigenvalue weighted by molar-refractivity contribution is 5.78. The molecule has 178 valence electrons. The van der Waals surface area contributed by atoms with E-state index in [1.54, 1.807) is 50.2 Å². The van der Waals surface area contributed by atoms with Crippen LogP contribution in [-0.2, 0) is 11.3 Å². The van der Waals surface area contributed by atoms with Crippen LogP contribution in [0.5, 0.6) is 17.2 Å². The molecular formula is C22H30N6O5. The van der Waals surface area contributed by atoms with E-state index in [9.17, 15) is 4.79 Å². The van der Waals surface area contributed by atoms with Crippen molar-refractivity contribution in [2.24, 2.45) is 0 Å². The molecule has 1 amide bonds. The highest BCUT2D eigenvalue weighted by Gasteiger charge is 2.18. The fraction of sp³-hybridized carbons (Fsp3) is 0.409. The summed E-state index contributed by atoms with van der Waals surface area (Å²) in [6.07, 6.45) is -0.501. The third kappa shape index (κ3) is 5.68. The van der Waals surface area contributed by atoms with Crippen LogP contribution in [0.3, 0.4) is 0 Å². The van der Waals surface area contributed by atoms with Crippen LogP contribution in [0.15, 0.2) is 24.3 Å². The maximum absolute atomic E-state index is 12.0. The second kappa shape index (κ2) is 9.72. The van der Waals surface area contributed by atoms with Crippen molar-refractivity contribution in [3.05, 3.63) is 24.3 Å². The number of anilines is 3. The number of alkyl carbamates (subject to hydrolysis) is 1. The number of nitrogens with zero attached hydrogens (tertiary/aromatic N) is 3. The van der Waals surface area contributed by atoms with Crippen LogP contribution in [0, 0.1) is 0 Å². The van der Waals surface area contributed by atoms with Gasteiger partial charge in [0, 0.05) is 23.4 Å². The number of ether oxygens (including phenoxy) is 4. The van der Waals surface area contributed by atoms with Crippen molar-refractivity contribution in [2.75, 3.05) is 39.0 Å². The molecule has 2 heterocycles. The summed E-state index contributed by atoms with van der Waals surface area (Å²) < 4.78 is 23.4. The van der Waals surface area contributed by atoms with Crippen LogP contribution < -0.4 is 30.6 Å². The van der Waals surface area contributed by atoms with Gasteiger partial charge in [-0.25, -0.2) is 14.8 Å². The molecule has 33 heavy (non-hydrogen) atoms. The van der Waals surface area contributed by atoms with Crippen molar-refractivity contribution in [2.45, 2.75) is 32.9 Å². The summed E-state index contributed by atoms with van der Waals surface area (Å²) in [6.45, 7) is 6.04. The summed E-state index contributed by atoms with van der Waals surface area (Å²) in [4.78, 5) is 21.1. The molecule has 0 atom stereocenters. The second-order valence-corrected chi connectivity index (χ2v) is 8.22. The van der Waals surface area contributed by atoms with E-state index in [2.05, 4.69) is 20.6 Å². The molecule has 0 unspecified atom stereocenters. The Hall–Kier alpha value is -3.89. The molecule has 11 heteroatoms. The van der Waals surface area contributed by atoms with Crippen molar-refractivity contribution in [1.82, 2.24) is 19.9 Å². The van der Waals surface area contributed by atoms with Crippen LogP contribution in [0.2, 0.25) is 0 Å². The van der Waals surface area contributed by atoms with E-state index in [1.807, 2.05) is 20.8 Å². The smallest absolute Gasteiger partial charge is 0.407 e. The number of carbonyl (C=O) groups is 1. The Kier molecular flexibility index (Phi) is 7.00. The molecule has 2 aromatic heterocycles. The molecule has 0 aliphatic heterocycles. The predicted octanol–water partition coefficient (Wildman–Crippen LogP) is 3.31. The maximum Gasteiger partial charge on any atom is 0.407 e. The topological polar surface area (TPSA) is 135 Å². The SMILES string of the molecule is COc1cc(Nc2nc3ccc(N)nc3n2CCOC(=O)NC(C)(C)C)cc(OC)c1OC. The van der Waals surface area contributed by atoms with Gasteiger partial charge in [-0.2, -0.15) is 0 Å². The largest absolute Gasteiger partial charge is 0.493 e. The van der Waals surface area contributed by atoms with Gasteiger partial charge < -0.3 is 35.3 Å². The van der Waals surface area contributed by atoms with Crippen molar-refractivity contribution >= 4 is 34.7 Å². The van der Waals surface area contributed by atoms with Gasteiger partial charge in [0.05, 0.1) is 27.9 Å². The van der Waals surface area contributed by atoms with E-state index in [0.29, 0.717) is 52.4 Å². The van der Waals surface area contributed by atoms with Gasteiger partial charge in [-0.3, -0.25) is 4.57 Å². The Bertz CT molecular complexity index is 1110. The number of hydrogen-bond donors (Lipinski definition) is 3. The van der Waals surface area contributed by atoms with Crippen LogP contribution in [0.25, 0.3) is 11.2 Å². The third-order valence-corrected chi connectivity index (χ3v) is 4.56. The standard InChI is InChI=1S/C22H30N6O5/c1-22(2,3)27-21(29)33-10-9-28-19-14(7-8-17(23)26-19)25-20(28)24-13-11-15(30-4)18(32-6)16(12-13)31-5/h7-8,11-12H,9-10H2,1-6H3,(H2,23,26)(H,24,25)(H,27,29). The fourth-order valence-corrected chi connectivity index (χ4v) is 3.18. The monoisotopic (exact) mass is 458 g/mol. The first-order valence-corrected chi connectivity index (χ1v) is 10.3. The number of carbonyl (C=O) groups excluding carboxylic acids is 1. The van der Waals surface area contributed by atoms with Crippen molar-refractivity contribution in [3.8, 4) is 17.2 Å². The van der Waals surface area contributed by atoms with Gasteiger partial charge in [-0.05, 0) is 32.9 Å². The van der Waals surface area contributed by atoms with E-state index < -0.39 is 11.6 Å². The zero-order valence-electron chi connectivity index (χ0n) is 19.7. The number of aromatic nitrogens is 3. The van der Waals surface area contributed by atoms with Crippen molar-refractivity contribution < 1.29 is 23.7 Å². The lowest BCUT2D eigenvalue weighted by atomic mass is 10.1. The Labute approximate surface area is 192 Å². The lowest BCUT2D eigenvalue weighted by Gasteiger charge is -2.20. The molecule has 1 aromatic carbocycles. The van der Waals surface area contributed by atoms with E-state index in [1.165, 1.54) is 0 Å². The number of pyridine rings is 1. The molecule has 0 saturated heterocycles. The molecule has 0 saturated carbocycles. The van der Waals surface area contributed by atoms with Crippen molar-refractivity contribution in [3.63, 3.8) is 0 Å². The van der Waals surface area contributed by atoms with Gasteiger partial charge in [0.25, 0.3) is 0 Å². The van der Waals surface area contributed by atoms with Gasteiger partial charge in [0.15, 0.2) is 17.1 Å². The molecule has 3 aromatic rings. The van der Waals surface area contributed by atoms with Gasteiger partial charge in [0.1, 0.15) is 17.9 Å². The zero-order chi connectivity index (χ0) is 24.2. The number of nitrogens with one attached hydrogen (secondary N) is 2. The lowest BCUT2D eigenvalue weighted by Crippen LogP contribution is -2.41. The average molecular weight is 459 g/mol. The van der Waals surface area contributed by atoms with Gasteiger partial charge in [-0.1, -0.05) is 0 Å². The van der Waals surface area contributed by atoms with Crippen LogP contribution >= 0.6 is 0 Å². The highest BCUT2D eigenvalue weighted by atomic mass is 16.5. The highest BCUT2D eigenvalue weighted by Crippen LogP contribution is 2.40. The molecule has 0 aliphatic carbocycles. The Balaban J connectivity index is 1.91. The number of rotatable bonds is 8. The van der Waals surface area contributed by atoms with E-state index >= 15 is 0 Å². The Morgan fingerprint density at radius 3 is 2.30 bits per heavy atom. The number of imidazole rings is 1. The molecule has 0 fully saturated rings. The number of methoxy groups -OCH3 is 3. The summed E-state index contributed by atoms with van der Waals surface area (Å²) in [5.41, 5.74) is 7.35. The number of hydrogen-bond acceptors (Lipinski definition) is 9. The summed E-state index contributed by atoms with van der Waals surface area (Å²) in [7, 11) is 4.63. The van der Waals surface area contributed by atoms with Gasteiger partial charge >= 0.3 is 6.09 Å². The number of nitrogen functional groups attached to an aromatic ring is 1. The minimum Gasteiger partial charge on any atom is -0.493 e. The first kappa shape index (κ1) is 23.8. The molecule has 0 bridgehead atoms. The van der Waals surface area contributed by atoms with Crippen LogP contribution in [-0.4, -0.2) is 54.1 Å². The molecule has 0 radical (unpaired) electrons. The first-order valence-electron chi connectivity index (χ1n) is 10.3. The normalized spacial score (nSPS) is 11.2. The molecule has 11 nitrogen and oxygen atoms in total. The lowest BCUT2D eigenvalue weighted by molar-refractivity contribution is 0.134. The molecule has 4 N–H and O–H groups in total. The third-order valence-electron chi connectivity index (χ3n) is 4.56. The van der Waals surface area contributed by atoms with E-state index in [-0.39, 0.29) is 6.61 Å². The molecular weight excluding hydrogens is 428 g/mol. The van der Waals surface area contributed by atoms with Crippen LogP contribution in [0.4, 0.5) is 22.2 Å². The first-order chi connectivity index (χ1) is 15.6. The van der Waals surface area contributed by atoms with Crippen LogP contribution in [0.1, 0.15) is 20.8 Å². The maximum atomic E-state index is 12.0. The number of amides is 1. The molecule has 0 aliphatic rings. The van der Waals surface area contributed by atoms with Crippen molar-refractivity contribution in [1.29, 1.82) is 0 Å². The van der Waals surface area contributed by atoms with Gasteiger partial charge in [-0.15, -0.1) is 0 Å². The average Bonchev–Trinajstić information content (AvgIpc) is 3.07. The number of fused-ring (bicyclic) bond motifs is 1. The Morgan fingerprint density at radius 1 is 1.06 bits per heavy atom. The summed E-state index contributed by atoms with van der Waals surface area (Å²) >= 11 is 0. The summed E-state index contributed by atoms with van der Waals surface area (Å²) in [5, 5.41) is 6.02. The quantitative estimate of drug-likeness (QED) is 0.464. The van der Waals surface area contributed by atoms with Gasteiger partial charge in [0.2, 0.25) is 11.7 Å².